The average molecular weight is 345 g/mol. The standard InChI is InChI=1S/C13H8BrF3N2O/c14-8-3-6(1-2-9(8)15)19-13(20)7-4-12(18)11(17)5-10(7)16/h1-5H,18H2,(H,19,20). The highest BCUT2D eigenvalue weighted by Gasteiger charge is 2.15. The predicted octanol–water partition coefficient (Wildman–Crippen LogP) is 3.70. The number of benzene rings is 2. The number of anilines is 2. The first-order valence-electron chi connectivity index (χ1n) is 5.39. The third kappa shape index (κ3) is 2.93. The van der Waals surface area contributed by atoms with E-state index < -0.39 is 28.9 Å². The van der Waals surface area contributed by atoms with Crippen LogP contribution in [0.5, 0.6) is 0 Å². The lowest BCUT2D eigenvalue weighted by Crippen LogP contribution is -2.14. The van der Waals surface area contributed by atoms with Crippen molar-refractivity contribution in [2.45, 2.75) is 0 Å². The summed E-state index contributed by atoms with van der Waals surface area (Å²) in [5.41, 5.74) is 4.81. The lowest BCUT2D eigenvalue weighted by atomic mass is 10.1. The van der Waals surface area contributed by atoms with Crippen molar-refractivity contribution in [3.63, 3.8) is 0 Å². The summed E-state index contributed by atoms with van der Waals surface area (Å²) in [6.07, 6.45) is 0. The molecule has 0 heterocycles. The number of nitrogens with one attached hydrogen (secondary N) is 1. The van der Waals surface area contributed by atoms with Crippen LogP contribution in [0.3, 0.4) is 0 Å². The van der Waals surface area contributed by atoms with Crippen LogP contribution < -0.4 is 11.1 Å². The molecule has 3 N–H and O–H groups in total. The fourth-order valence-electron chi connectivity index (χ4n) is 1.51. The molecule has 2 aromatic rings. The first kappa shape index (κ1) is 14.4. The highest BCUT2D eigenvalue weighted by molar-refractivity contribution is 9.10. The van der Waals surface area contributed by atoms with E-state index in [2.05, 4.69) is 21.2 Å². The SMILES string of the molecule is Nc1cc(C(=O)Nc2ccc(F)c(Br)c2)c(F)cc1F. The molecule has 0 unspecified atom stereocenters. The van der Waals surface area contributed by atoms with Gasteiger partial charge in [0.05, 0.1) is 15.7 Å². The van der Waals surface area contributed by atoms with Gasteiger partial charge in [-0.25, -0.2) is 13.2 Å². The van der Waals surface area contributed by atoms with Crippen molar-refractivity contribution < 1.29 is 18.0 Å². The Bertz CT molecular complexity index is 692. The van der Waals surface area contributed by atoms with E-state index in [0.29, 0.717) is 6.07 Å². The Balaban J connectivity index is 2.28. The van der Waals surface area contributed by atoms with E-state index in [1.54, 1.807) is 0 Å². The smallest absolute Gasteiger partial charge is 0.258 e. The normalized spacial score (nSPS) is 10.4. The molecule has 0 aliphatic rings. The van der Waals surface area contributed by atoms with Crippen LogP contribution in [0.4, 0.5) is 24.5 Å². The molecular formula is C13H8BrF3N2O. The Kier molecular flexibility index (Phi) is 3.99. The largest absolute Gasteiger partial charge is 0.396 e. The van der Waals surface area contributed by atoms with Gasteiger partial charge in [0, 0.05) is 11.8 Å². The fraction of sp³-hybridized carbons (Fsp3) is 0. The van der Waals surface area contributed by atoms with E-state index in [9.17, 15) is 18.0 Å². The van der Waals surface area contributed by atoms with Crippen molar-refractivity contribution in [2.24, 2.45) is 0 Å². The topological polar surface area (TPSA) is 55.1 Å². The van der Waals surface area contributed by atoms with Crippen LogP contribution >= 0.6 is 15.9 Å². The molecule has 0 bridgehead atoms. The van der Waals surface area contributed by atoms with E-state index in [-0.39, 0.29) is 15.8 Å². The molecule has 0 saturated carbocycles. The predicted molar refractivity (Wildman–Crippen MR) is 72.8 cm³/mol. The molecule has 20 heavy (non-hydrogen) atoms. The molecule has 0 saturated heterocycles. The van der Waals surface area contributed by atoms with Gasteiger partial charge >= 0.3 is 0 Å². The Morgan fingerprint density at radius 2 is 1.75 bits per heavy atom. The van der Waals surface area contributed by atoms with Crippen molar-refractivity contribution in [1.82, 2.24) is 0 Å². The zero-order valence-electron chi connectivity index (χ0n) is 9.88. The molecule has 0 atom stereocenters. The van der Waals surface area contributed by atoms with Crippen LogP contribution in [-0.4, -0.2) is 5.91 Å². The van der Waals surface area contributed by atoms with E-state index >= 15 is 0 Å². The van der Waals surface area contributed by atoms with Gasteiger partial charge in [0.2, 0.25) is 0 Å². The Hall–Kier alpha value is -2.02. The molecular weight excluding hydrogens is 337 g/mol. The van der Waals surface area contributed by atoms with Crippen LogP contribution in [0.1, 0.15) is 10.4 Å². The summed E-state index contributed by atoms with van der Waals surface area (Å²) in [5.74, 6) is -3.29. The summed E-state index contributed by atoms with van der Waals surface area (Å²) in [6, 6.07) is 5.19. The molecule has 0 spiro atoms. The van der Waals surface area contributed by atoms with Gasteiger partial charge in [-0.3, -0.25) is 4.79 Å². The molecule has 0 aliphatic carbocycles. The number of hydrogen-bond acceptors (Lipinski definition) is 2. The quantitative estimate of drug-likeness (QED) is 0.816. The highest BCUT2D eigenvalue weighted by Crippen LogP contribution is 2.22. The molecule has 7 heteroatoms. The second-order valence-electron chi connectivity index (χ2n) is 3.94. The van der Waals surface area contributed by atoms with Gasteiger partial charge in [0.1, 0.15) is 17.5 Å². The second kappa shape index (κ2) is 5.54. The van der Waals surface area contributed by atoms with E-state index in [1.807, 2.05) is 0 Å². The van der Waals surface area contributed by atoms with Crippen molar-refractivity contribution in [3.05, 3.63) is 57.8 Å². The molecule has 0 radical (unpaired) electrons. The minimum atomic E-state index is -1.03. The van der Waals surface area contributed by atoms with Gasteiger partial charge in [0.15, 0.2) is 0 Å². The number of nitrogen functional groups attached to an aromatic ring is 1. The minimum absolute atomic E-state index is 0.148. The minimum Gasteiger partial charge on any atom is -0.396 e. The lowest BCUT2D eigenvalue weighted by molar-refractivity contribution is 0.102. The van der Waals surface area contributed by atoms with Crippen LogP contribution in [0.15, 0.2) is 34.8 Å². The van der Waals surface area contributed by atoms with Crippen molar-refractivity contribution in [2.75, 3.05) is 11.1 Å². The highest BCUT2D eigenvalue weighted by atomic mass is 79.9. The summed E-state index contributed by atoms with van der Waals surface area (Å²) in [5, 5.41) is 2.36. The van der Waals surface area contributed by atoms with Gasteiger partial charge < -0.3 is 11.1 Å². The molecule has 104 valence electrons. The summed E-state index contributed by atoms with van der Waals surface area (Å²) < 4.78 is 39.7. The van der Waals surface area contributed by atoms with Crippen LogP contribution in [0.25, 0.3) is 0 Å². The third-order valence-corrected chi connectivity index (χ3v) is 3.12. The van der Waals surface area contributed by atoms with Crippen molar-refractivity contribution in [3.8, 4) is 0 Å². The monoisotopic (exact) mass is 344 g/mol. The van der Waals surface area contributed by atoms with Crippen LogP contribution in [0, 0.1) is 17.5 Å². The Morgan fingerprint density at radius 3 is 2.40 bits per heavy atom. The van der Waals surface area contributed by atoms with E-state index in [1.165, 1.54) is 12.1 Å². The molecule has 1 amide bonds. The average Bonchev–Trinajstić information content (AvgIpc) is 2.38. The number of carbonyl (C=O) groups excluding carboxylic acids is 1. The molecule has 0 fully saturated rings. The molecule has 0 aromatic heterocycles. The van der Waals surface area contributed by atoms with E-state index in [0.717, 1.165) is 12.1 Å². The van der Waals surface area contributed by atoms with Crippen molar-refractivity contribution in [1.29, 1.82) is 0 Å². The van der Waals surface area contributed by atoms with Crippen LogP contribution in [0.2, 0.25) is 0 Å². The zero-order chi connectivity index (χ0) is 14.9. The van der Waals surface area contributed by atoms with Gasteiger partial charge in [-0.15, -0.1) is 0 Å². The Labute approximate surface area is 120 Å². The fourth-order valence-corrected chi connectivity index (χ4v) is 1.89. The zero-order valence-corrected chi connectivity index (χ0v) is 11.5. The molecule has 2 rings (SSSR count). The third-order valence-electron chi connectivity index (χ3n) is 2.51. The van der Waals surface area contributed by atoms with Gasteiger partial charge in [-0.1, -0.05) is 0 Å². The van der Waals surface area contributed by atoms with E-state index in [4.69, 9.17) is 5.73 Å². The first-order valence-corrected chi connectivity index (χ1v) is 6.18. The molecule has 3 nitrogen and oxygen atoms in total. The van der Waals surface area contributed by atoms with Crippen molar-refractivity contribution >= 4 is 33.2 Å². The van der Waals surface area contributed by atoms with Gasteiger partial charge in [-0.05, 0) is 40.2 Å². The lowest BCUT2D eigenvalue weighted by Gasteiger charge is -2.08. The summed E-state index contributed by atoms with van der Waals surface area (Å²) in [4.78, 5) is 11.9. The number of nitrogens with two attached hydrogens (primary N) is 1. The number of carbonyl (C=O) groups is 1. The molecule has 2 aromatic carbocycles. The summed E-state index contributed by atoms with van der Waals surface area (Å²) in [6.45, 7) is 0. The maximum atomic E-state index is 13.5. The second-order valence-corrected chi connectivity index (χ2v) is 4.79. The number of amides is 1. The maximum Gasteiger partial charge on any atom is 0.258 e. The number of hydrogen-bond donors (Lipinski definition) is 2. The maximum absolute atomic E-state index is 13.5. The van der Waals surface area contributed by atoms with Gasteiger partial charge in [-0.2, -0.15) is 0 Å². The summed E-state index contributed by atoms with van der Waals surface area (Å²) in [7, 11) is 0. The van der Waals surface area contributed by atoms with Gasteiger partial charge in [0.25, 0.3) is 5.91 Å². The Morgan fingerprint density at radius 1 is 1.05 bits per heavy atom. The van der Waals surface area contributed by atoms with Crippen LogP contribution in [-0.2, 0) is 0 Å². The summed E-state index contributed by atoms with van der Waals surface area (Å²) >= 11 is 2.96. The number of halogens is 4. The number of rotatable bonds is 2. The molecule has 0 aliphatic heterocycles. The first-order chi connectivity index (χ1) is 9.38.